The quantitative estimate of drug-likeness (QED) is 0.153. The molecule has 101 heavy (non-hydrogen) atoms. The predicted molar refractivity (Wildman–Crippen MR) is 451 cm³/mol. The Morgan fingerprint density at radius 1 is 0.208 bits per heavy atom. The van der Waals surface area contributed by atoms with Gasteiger partial charge in [0.1, 0.15) is 0 Å². The highest BCUT2D eigenvalue weighted by molar-refractivity contribution is 9.11. The molecule has 0 radical (unpaired) electrons. The van der Waals surface area contributed by atoms with Gasteiger partial charge in [0.15, 0.2) is 0 Å². The van der Waals surface area contributed by atoms with Crippen molar-refractivity contribution in [3.63, 3.8) is 0 Å². The summed E-state index contributed by atoms with van der Waals surface area (Å²) in [6.45, 7) is 40.8. The molecule has 14 rings (SSSR count). The van der Waals surface area contributed by atoms with Crippen molar-refractivity contribution in [1.29, 1.82) is 0 Å². The second-order valence-corrected chi connectivity index (χ2v) is 35.2. The highest BCUT2D eigenvalue weighted by Crippen LogP contribution is 2.49. The first-order valence-electron chi connectivity index (χ1n) is 35.8. The molecule has 0 saturated carbocycles. The Morgan fingerprint density at radius 3 is 0.624 bits per heavy atom. The van der Waals surface area contributed by atoms with Crippen LogP contribution in [0.1, 0.15) is 158 Å². The van der Waals surface area contributed by atoms with Gasteiger partial charge >= 0.3 is 0 Å². The monoisotopic (exact) mass is 1450 g/mol. The Hall–Kier alpha value is -9.00. The van der Waals surface area contributed by atoms with E-state index in [1.807, 2.05) is 0 Å². The molecule has 0 aliphatic heterocycles. The fraction of sp³-hybridized carbons (Fsp3) is 0.250. The van der Waals surface area contributed by atoms with Gasteiger partial charge in [-0.2, -0.15) is 0 Å². The third kappa shape index (κ3) is 15.6. The van der Waals surface area contributed by atoms with E-state index in [9.17, 15) is 0 Å². The third-order valence-corrected chi connectivity index (χ3v) is 21.2. The lowest BCUT2D eigenvalue weighted by Crippen LogP contribution is -2.15. The maximum atomic E-state index is 3.71. The van der Waals surface area contributed by atoms with Gasteiger partial charge in [0.25, 0.3) is 0 Å². The van der Waals surface area contributed by atoms with Crippen molar-refractivity contribution in [2.24, 2.45) is 0 Å². The van der Waals surface area contributed by atoms with Crippen molar-refractivity contribution >= 4 is 142 Å². The van der Waals surface area contributed by atoms with Gasteiger partial charge in [-0.15, -0.1) is 0 Å². The van der Waals surface area contributed by atoms with E-state index in [0.717, 1.165) is 54.4 Å². The molecule has 0 aromatic heterocycles. The lowest BCUT2D eigenvalue weighted by atomic mass is 9.86. The molecule has 0 saturated heterocycles. The summed E-state index contributed by atoms with van der Waals surface area (Å²) in [6.07, 6.45) is 0. The molecule has 1 N–H and O–H groups in total. The lowest BCUT2D eigenvalue weighted by molar-refractivity contribution is 0.590. The minimum atomic E-state index is 0.0567. The summed E-state index contributed by atoms with van der Waals surface area (Å²) in [4.78, 5) is 4.92. The van der Waals surface area contributed by atoms with E-state index in [-0.39, 0.29) is 32.5 Å². The molecule has 0 aliphatic rings. The lowest BCUT2D eigenvalue weighted by Gasteiger charge is -2.31. The average molecular weight is 1450 g/mol. The zero-order valence-electron chi connectivity index (χ0n) is 62.6. The fourth-order valence-corrected chi connectivity index (χ4v) is 14.9. The topological polar surface area (TPSA) is 18.5 Å². The molecule has 0 heterocycles. The predicted octanol–water partition coefficient (Wildman–Crippen LogP) is 30.0. The largest absolute Gasteiger partial charge is 0.356 e. The van der Waals surface area contributed by atoms with E-state index in [2.05, 4.69) is 439 Å². The Balaban J connectivity index is 0.000000189. The number of nitrogens with zero attached hydrogens (tertiary/aromatic N) is 2. The molecule has 0 amide bonds. The minimum absolute atomic E-state index is 0.0567. The number of anilines is 8. The summed E-state index contributed by atoms with van der Waals surface area (Å²) in [7, 11) is 0. The Morgan fingerprint density at radius 2 is 0.396 bits per heavy atom. The van der Waals surface area contributed by atoms with Crippen LogP contribution in [-0.2, 0) is 32.5 Å². The van der Waals surface area contributed by atoms with Gasteiger partial charge in [-0.1, -0.05) is 326 Å². The van der Waals surface area contributed by atoms with Crippen LogP contribution in [0.2, 0.25) is 0 Å². The Kier molecular flexibility index (Phi) is 20.0. The standard InChI is InChI=1S/C58H62N2.C20H27N.C18H10Br2/c1-55(2,3)39-21-29-43(30-22-39)59(44-31-23-40(24-32-44)56(4,5)6)53-37-51-48-18-14-16-20-50(48)54(38-52(51)47-17-13-15-19-49(47)53)60(45-33-25-41(26-34-45)57(7,8)9)46-35-27-42(28-36-46)58(10,11)12;1-19(2,3)15-7-11-17(12-8-15)21-18-13-9-16(10-14-18)20(4,5)6;19-17-10-16-12-6-2-4-8-14(12)18(20)9-15(16)11-5-1-3-7-13(11)17/h13-38H,1-12H3;7-14,21H,1-6H3;1-10H. The highest BCUT2D eigenvalue weighted by atomic mass is 79.9. The van der Waals surface area contributed by atoms with E-state index in [4.69, 9.17) is 0 Å². The van der Waals surface area contributed by atoms with Gasteiger partial charge in [0, 0.05) is 53.8 Å². The first-order chi connectivity index (χ1) is 47.7. The number of fused-ring (bicyclic) bond motifs is 10. The SMILES string of the molecule is Brc1cc2c3ccccc3c(Br)cc2c2ccccc12.CC(C)(C)c1ccc(N(c2ccc(C(C)(C)C)cc2)c2cc3c4ccccc4c(N(c4ccc(C(C)(C)C)cc4)c4ccc(C(C)(C)C)cc4)cc3c3ccccc23)cc1.CC(C)(C)c1ccc(Nc2ccc(C(C)(C)C)cc2)cc1. The summed E-state index contributed by atoms with van der Waals surface area (Å²) in [5.41, 5.74) is 17.8. The first-order valence-corrected chi connectivity index (χ1v) is 37.4. The summed E-state index contributed by atoms with van der Waals surface area (Å²) in [6, 6.07) is 98.5. The minimum Gasteiger partial charge on any atom is -0.356 e. The number of rotatable bonds is 8. The van der Waals surface area contributed by atoms with E-state index in [1.165, 1.54) is 98.0 Å². The van der Waals surface area contributed by atoms with Crippen molar-refractivity contribution < 1.29 is 0 Å². The van der Waals surface area contributed by atoms with Gasteiger partial charge < -0.3 is 15.1 Å². The molecule has 512 valence electrons. The van der Waals surface area contributed by atoms with Crippen molar-refractivity contribution in [1.82, 2.24) is 0 Å². The van der Waals surface area contributed by atoms with Crippen LogP contribution in [0.15, 0.2) is 276 Å². The van der Waals surface area contributed by atoms with Gasteiger partial charge in [0.2, 0.25) is 0 Å². The summed E-state index contributed by atoms with van der Waals surface area (Å²) in [5, 5.41) is 18.4. The van der Waals surface area contributed by atoms with E-state index in [0.29, 0.717) is 0 Å². The molecule has 3 nitrogen and oxygen atoms in total. The van der Waals surface area contributed by atoms with Crippen LogP contribution in [0.3, 0.4) is 0 Å². The van der Waals surface area contributed by atoms with Crippen LogP contribution in [0.4, 0.5) is 45.5 Å². The van der Waals surface area contributed by atoms with Crippen LogP contribution >= 0.6 is 31.9 Å². The Labute approximate surface area is 618 Å². The molecule has 0 fully saturated rings. The third-order valence-electron chi connectivity index (χ3n) is 19.9. The second-order valence-electron chi connectivity index (χ2n) is 33.5. The Bertz CT molecular complexity index is 4830. The van der Waals surface area contributed by atoms with Crippen LogP contribution in [-0.4, -0.2) is 0 Å². The molecule has 5 heteroatoms. The second kappa shape index (κ2) is 28.1. The van der Waals surface area contributed by atoms with Crippen molar-refractivity contribution in [2.75, 3.05) is 15.1 Å². The van der Waals surface area contributed by atoms with Gasteiger partial charge in [0.05, 0.1) is 11.4 Å². The molecular weight excluding hydrogens is 1350 g/mol. The highest BCUT2D eigenvalue weighted by Gasteiger charge is 2.26. The number of hydrogen-bond acceptors (Lipinski definition) is 3. The van der Waals surface area contributed by atoms with Crippen LogP contribution in [0.5, 0.6) is 0 Å². The summed E-state index contributed by atoms with van der Waals surface area (Å²) >= 11 is 7.42. The zero-order valence-corrected chi connectivity index (χ0v) is 65.7. The summed E-state index contributed by atoms with van der Waals surface area (Å²) in [5.74, 6) is 0. The normalized spacial score (nSPS) is 12.4. The fourth-order valence-electron chi connectivity index (χ4n) is 13.7. The van der Waals surface area contributed by atoms with Crippen LogP contribution in [0, 0.1) is 0 Å². The average Bonchev–Trinajstić information content (AvgIpc) is 0.731. The maximum absolute atomic E-state index is 3.71. The number of halogens is 2. The van der Waals surface area contributed by atoms with E-state index in [1.54, 1.807) is 0 Å². The number of nitrogens with one attached hydrogen (secondary N) is 1. The van der Waals surface area contributed by atoms with Gasteiger partial charge in [-0.3, -0.25) is 0 Å². The summed E-state index contributed by atoms with van der Waals surface area (Å²) < 4.78 is 2.29. The van der Waals surface area contributed by atoms with Crippen LogP contribution < -0.4 is 15.1 Å². The molecule has 0 bridgehead atoms. The van der Waals surface area contributed by atoms with E-state index >= 15 is 0 Å². The molecule has 0 unspecified atom stereocenters. The number of hydrogen-bond donors (Lipinski definition) is 1. The zero-order chi connectivity index (χ0) is 72.1. The first kappa shape index (κ1) is 71.8. The molecule has 0 atom stereocenters. The molecule has 14 aromatic rings. The number of benzene rings is 14. The maximum Gasteiger partial charge on any atom is 0.0546 e. The van der Waals surface area contributed by atoms with Crippen molar-refractivity contribution in [2.45, 2.75) is 157 Å². The smallest absolute Gasteiger partial charge is 0.0546 e. The van der Waals surface area contributed by atoms with Gasteiger partial charge in [-0.05, 0) is 217 Å². The molecular formula is C96H99Br2N3. The molecule has 0 spiro atoms. The molecule has 0 aliphatic carbocycles. The van der Waals surface area contributed by atoms with Crippen molar-refractivity contribution in [3.8, 4) is 0 Å². The molecule has 14 aromatic carbocycles. The van der Waals surface area contributed by atoms with Crippen LogP contribution in [0.25, 0.3) is 64.6 Å². The van der Waals surface area contributed by atoms with Crippen molar-refractivity contribution in [3.05, 3.63) is 309 Å². The van der Waals surface area contributed by atoms with E-state index < -0.39 is 0 Å². The van der Waals surface area contributed by atoms with Gasteiger partial charge in [-0.25, -0.2) is 0 Å².